The van der Waals surface area contributed by atoms with E-state index in [2.05, 4.69) is 20.9 Å². The molecule has 88 valence electrons. The maximum absolute atomic E-state index is 11.0. The van der Waals surface area contributed by atoms with Crippen molar-refractivity contribution in [3.8, 4) is 17.0 Å². The van der Waals surface area contributed by atoms with Gasteiger partial charge in [-0.15, -0.1) is 0 Å². The average molecular weight is 298 g/mol. The molecule has 0 radical (unpaired) electrons. The van der Waals surface area contributed by atoms with E-state index < -0.39 is 5.97 Å². The Hall–Kier alpha value is -1.82. The van der Waals surface area contributed by atoms with Crippen LogP contribution in [0.25, 0.3) is 11.3 Å². The van der Waals surface area contributed by atoms with Gasteiger partial charge in [-0.1, -0.05) is 15.9 Å². The molecular formula is C11H8BrNO4. The summed E-state index contributed by atoms with van der Waals surface area (Å²) in [5.41, 5.74) is 0.809. The van der Waals surface area contributed by atoms with Crippen molar-refractivity contribution >= 4 is 21.9 Å². The highest BCUT2D eigenvalue weighted by Gasteiger charge is 2.20. The fourth-order valence-electron chi connectivity index (χ4n) is 1.46. The number of hydrogen-bond acceptors (Lipinski definition) is 4. The Morgan fingerprint density at radius 2 is 2.29 bits per heavy atom. The summed E-state index contributed by atoms with van der Waals surface area (Å²) in [5, 5.41) is 8.96. The topological polar surface area (TPSA) is 72.6 Å². The van der Waals surface area contributed by atoms with Gasteiger partial charge in [0, 0.05) is 10.0 Å². The number of carboxylic acid groups (broad SMARTS) is 1. The first-order chi connectivity index (χ1) is 8.13. The first-order valence-electron chi connectivity index (χ1n) is 4.64. The van der Waals surface area contributed by atoms with Gasteiger partial charge in [-0.05, 0) is 18.2 Å². The summed E-state index contributed by atoms with van der Waals surface area (Å²) in [6.07, 6.45) is 1.10. The number of methoxy groups -OCH3 is 1. The minimum atomic E-state index is -1.17. The fraction of sp³-hybridized carbons (Fsp3) is 0.0909. The molecule has 1 aromatic heterocycles. The van der Waals surface area contributed by atoms with Crippen molar-refractivity contribution < 1.29 is 19.1 Å². The van der Waals surface area contributed by atoms with Crippen molar-refractivity contribution in [2.75, 3.05) is 7.11 Å². The zero-order chi connectivity index (χ0) is 12.4. The molecule has 0 saturated heterocycles. The zero-order valence-corrected chi connectivity index (χ0v) is 10.4. The van der Waals surface area contributed by atoms with E-state index in [9.17, 15) is 4.79 Å². The largest absolute Gasteiger partial charge is 0.496 e. The molecule has 0 unspecified atom stereocenters. The molecule has 0 spiro atoms. The molecule has 2 rings (SSSR count). The third-order valence-electron chi connectivity index (χ3n) is 2.18. The van der Waals surface area contributed by atoms with Gasteiger partial charge in [-0.25, -0.2) is 9.78 Å². The normalized spacial score (nSPS) is 10.2. The summed E-state index contributed by atoms with van der Waals surface area (Å²) in [6.45, 7) is 0. The summed E-state index contributed by atoms with van der Waals surface area (Å²) in [4.78, 5) is 14.9. The van der Waals surface area contributed by atoms with Crippen LogP contribution < -0.4 is 4.74 Å². The smallest absolute Gasteiger partial charge is 0.374 e. The molecule has 0 bridgehead atoms. The van der Waals surface area contributed by atoms with Crippen LogP contribution in [-0.4, -0.2) is 23.2 Å². The van der Waals surface area contributed by atoms with Crippen molar-refractivity contribution in [2.45, 2.75) is 0 Å². The summed E-state index contributed by atoms with van der Waals surface area (Å²) in [6, 6.07) is 5.24. The monoisotopic (exact) mass is 297 g/mol. The Labute approximate surface area is 105 Å². The minimum absolute atomic E-state index is 0.207. The van der Waals surface area contributed by atoms with Crippen LogP contribution >= 0.6 is 15.9 Å². The molecule has 0 aliphatic rings. The van der Waals surface area contributed by atoms with Crippen molar-refractivity contribution in [1.29, 1.82) is 0 Å². The number of rotatable bonds is 3. The van der Waals surface area contributed by atoms with E-state index in [0.29, 0.717) is 11.3 Å². The molecular weight excluding hydrogens is 290 g/mol. The number of aromatic nitrogens is 1. The first-order valence-corrected chi connectivity index (χ1v) is 5.43. The van der Waals surface area contributed by atoms with Gasteiger partial charge in [0.1, 0.15) is 11.4 Å². The highest BCUT2D eigenvalue weighted by molar-refractivity contribution is 9.10. The second-order valence-electron chi connectivity index (χ2n) is 3.18. The number of carboxylic acids is 1. The molecule has 6 heteroatoms. The molecule has 1 heterocycles. The van der Waals surface area contributed by atoms with Crippen molar-refractivity contribution in [3.05, 3.63) is 34.8 Å². The van der Waals surface area contributed by atoms with Gasteiger partial charge in [0.25, 0.3) is 0 Å². The van der Waals surface area contributed by atoms with E-state index in [0.717, 1.165) is 10.9 Å². The highest BCUT2D eigenvalue weighted by Crippen LogP contribution is 2.33. The number of oxazole rings is 1. The summed E-state index contributed by atoms with van der Waals surface area (Å²) in [5.74, 6) is -0.842. The summed E-state index contributed by atoms with van der Waals surface area (Å²) >= 11 is 3.31. The Bertz CT molecular complexity index is 564. The number of aromatic carboxylic acids is 1. The van der Waals surface area contributed by atoms with E-state index in [1.165, 1.54) is 7.11 Å². The fourth-order valence-corrected chi connectivity index (χ4v) is 1.82. The number of nitrogens with zero attached hydrogens (tertiary/aromatic N) is 1. The highest BCUT2D eigenvalue weighted by atomic mass is 79.9. The quantitative estimate of drug-likeness (QED) is 0.943. The maximum Gasteiger partial charge on any atom is 0.374 e. The van der Waals surface area contributed by atoms with E-state index in [1.807, 2.05) is 0 Å². The average Bonchev–Trinajstić information content (AvgIpc) is 2.77. The number of carbonyl (C=O) groups is 1. The SMILES string of the molecule is COc1ccc(Br)cc1-c1ncoc1C(=O)O. The van der Waals surface area contributed by atoms with Crippen LogP contribution in [0, 0.1) is 0 Å². The van der Waals surface area contributed by atoms with Gasteiger partial charge in [0.15, 0.2) is 6.39 Å². The van der Waals surface area contributed by atoms with E-state index >= 15 is 0 Å². The van der Waals surface area contributed by atoms with E-state index in [1.54, 1.807) is 18.2 Å². The Morgan fingerprint density at radius 1 is 1.53 bits per heavy atom. The van der Waals surface area contributed by atoms with Gasteiger partial charge < -0.3 is 14.3 Å². The lowest BCUT2D eigenvalue weighted by molar-refractivity contribution is 0.0663. The molecule has 0 aliphatic heterocycles. The molecule has 1 aromatic carbocycles. The zero-order valence-electron chi connectivity index (χ0n) is 8.81. The van der Waals surface area contributed by atoms with Gasteiger partial charge >= 0.3 is 5.97 Å². The molecule has 0 fully saturated rings. The van der Waals surface area contributed by atoms with Crippen LogP contribution in [0.2, 0.25) is 0 Å². The van der Waals surface area contributed by atoms with Crippen molar-refractivity contribution in [1.82, 2.24) is 4.98 Å². The van der Waals surface area contributed by atoms with Gasteiger partial charge in [-0.3, -0.25) is 0 Å². The standard InChI is InChI=1S/C11H8BrNO4/c1-16-8-3-2-6(12)4-7(8)9-10(11(14)15)17-5-13-9/h2-5H,1H3,(H,14,15). The minimum Gasteiger partial charge on any atom is -0.496 e. The molecule has 0 atom stereocenters. The lowest BCUT2D eigenvalue weighted by Crippen LogP contribution is -1.98. The lowest BCUT2D eigenvalue weighted by atomic mass is 10.1. The Kier molecular flexibility index (Phi) is 3.14. The van der Waals surface area contributed by atoms with Crippen LogP contribution in [0.5, 0.6) is 5.75 Å². The van der Waals surface area contributed by atoms with Crippen LogP contribution in [0.15, 0.2) is 33.5 Å². The number of hydrogen-bond donors (Lipinski definition) is 1. The third kappa shape index (κ3) is 2.16. The van der Waals surface area contributed by atoms with E-state index in [4.69, 9.17) is 14.3 Å². The van der Waals surface area contributed by atoms with Crippen molar-refractivity contribution in [2.24, 2.45) is 0 Å². The molecule has 1 N–H and O–H groups in total. The Balaban J connectivity index is 2.63. The van der Waals surface area contributed by atoms with Crippen LogP contribution in [0.3, 0.4) is 0 Å². The predicted molar refractivity (Wildman–Crippen MR) is 63.2 cm³/mol. The van der Waals surface area contributed by atoms with Crippen LogP contribution in [0.1, 0.15) is 10.6 Å². The van der Waals surface area contributed by atoms with E-state index in [-0.39, 0.29) is 11.5 Å². The predicted octanol–water partition coefficient (Wildman–Crippen LogP) is 2.81. The molecule has 0 amide bonds. The summed E-state index contributed by atoms with van der Waals surface area (Å²) < 4.78 is 10.8. The molecule has 5 nitrogen and oxygen atoms in total. The molecule has 0 saturated carbocycles. The van der Waals surface area contributed by atoms with Gasteiger partial charge in [0.05, 0.1) is 7.11 Å². The second-order valence-corrected chi connectivity index (χ2v) is 4.10. The second kappa shape index (κ2) is 4.58. The third-order valence-corrected chi connectivity index (χ3v) is 2.67. The number of benzene rings is 1. The van der Waals surface area contributed by atoms with Crippen LogP contribution in [-0.2, 0) is 0 Å². The van der Waals surface area contributed by atoms with Gasteiger partial charge in [-0.2, -0.15) is 0 Å². The van der Waals surface area contributed by atoms with Crippen LogP contribution in [0.4, 0.5) is 0 Å². The van der Waals surface area contributed by atoms with Gasteiger partial charge in [0.2, 0.25) is 5.76 Å². The first kappa shape index (κ1) is 11.7. The molecule has 0 aliphatic carbocycles. The molecule has 2 aromatic rings. The Morgan fingerprint density at radius 3 is 2.94 bits per heavy atom. The number of halogens is 1. The van der Waals surface area contributed by atoms with Crippen molar-refractivity contribution in [3.63, 3.8) is 0 Å². The maximum atomic E-state index is 11.0. The summed E-state index contributed by atoms with van der Waals surface area (Å²) in [7, 11) is 1.51. The lowest BCUT2D eigenvalue weighted by Gasteiger charge is -2.06. The molecule has 17 heavy (non-hydrogen) atoms. The number of ether oxygens (including phenoxy) is 1.